The lowest BCUT2D eigenvalue weighted by Crippen LogP contribution is -2.47. The van der Waals surface area contributed by atoms with Gasteiger partial charge in [0, 0.05) is 47.6 Å². The maximum atomic E-state index is 11.9. The number of nitrogens with one attached hydrogen (secondary N) is 1. The van der Waals surface area contributed by atoms with E-state index in [1.807, 2.05) is 29.2 Å². The first kappa shape index (κ1) is 21.9. The number of halogens is 2. The highest BCUT2D eigenvalue weighted by Crippen LogP contribution is 2.35. The van der Waals surface area contributed by atoms with Gasteiger partial charge >= 0.3 is 5.69 Å². The Bertz CT molecular complexity index is 1100. The summed E-state index contributed by atoms with van der Waals surface area (Å²) < 4.78 is 5.21. The third-order valence-corrected chi connectivity index (χ3v) is 5.56. The van der Waals surface area contributed by atoms with Gasteiger partial charge in [0.05, 0.1) is 12.0 Å². The molecule has 0 saturated carbocycles. The van der Waals surface area contributed by atoms with Crippen LogP contribution in [0.2, 0.25) is 10.0 Å². The summed E-state index contributed by atoms with van der Waals surface area (Å²) in [5.41, 5.74) is 1.38. The number of hydrogen-bond donors (Lipinski definition) is 1. The van der Waals surface area contributed by atoms with Crippen LogP contribution in [0.3, 0.4) is 0 Å². The van der Waals surface area contributed by atoms with Crippen LogP contribution in [-0.2, 0) is 0 Å². The maximum absolute atomic E-state index is 11.9. The van der Waals surface area contributed by atoms with Gasteiger partial charge in [-0.2, -0.15) is 0 Å². The SMILES string of the molecule is COc1ccc(N2CCN(c3ncnc(Nc4cc(Cl)cc(Cl)c4)c3[N+](=O)[O-])CC2)cc1. The molecule has 0 aliphatic carbocycles. The summed E-state index contributed by atoms with van der Waals surface area (Å²) in [7, 11) is 1.63. The van der Waals surface area contributed by atoms with Crippen molar-refractivity contribution in [2.75, 3.05) is 48.4 Å². The van der Waals surface area contributed by atoms with Crippen LogP contribution in [0.4, 0.5) is 28.7 Å². The van der Waals surface area contributed by atoms with Gasteiger partial charge in [-0.05, 0) is 42.5 Å². The fraction of sp³-hybridized carbons (Fsp3) is 0.238. The van der Waals surface area contributed by atoms with Crippen molar-refractivity contribution in [3.8, 4) is 5.75 Å². The average molecular weight is 475 g/mol. The molecule has 11 heteroatoms. The number of ether oxygens (including phenoxy) is 1. The molecule has 2 heterocycles. The quantitative estimate of drug-likeness (QED) is 0.402. The van der Waals surface area contributed by atoms with Crippen LogP contribution >= 0.6 is 23.2 Å². The molecule has 1 aliphatic rings. The van der Waals surface area contributed by atoms with Crippen LogP contribution in [-0.4, -0.2) is 48.2 Å². The molecule has 0 atom stereocenters. The summed E-state index contributed by atoms with van der Waals surface area (Å²) in [5.74, 6) is 1.15. The fourth-order valence-corrected chi connectivity index (χ4v) is 4.12. The van der Waals surface area contributed by atoms with Crippen molar-refractivity contribution in [2.24, 2.45) is 0 Å². The highest BCUT2D eigenvalue weighted by atomic mass is 35.5. The Morgan fingerprint density at radius 2 is 1.62 bits per heavy atom. The largest absolute Gasteiger partial charge is 0.497 e. The van der Waals surface area contributed by atoms with Crippen LogP contribution in [0.25, 0.3) is 0 Å². The number of benzene rings is 2. The molecule has 0 spiro atoms. The van der Waals surface area contributed by atoms with Crippen LogP contribution in [0.15, 0.2) is 48.8 Å². The van der Waals surface area contributed by atoms with Crippen molar-refractivity contribution in [3.05, 3.63) is 69.0 Å². The first-order valence-corrected chi connectivity index (χ1v) is 10.6. The van der Waals surface area contributed by atoms with Crippen LogP contribution in [0.5, 0.6) is 5.75 Å². The second kappa shape index (κ2) is 9.46. The summed E-state index contributed by atoms with van der Waals surface area (Å²) >= 11 is 12.1. The zero-order valence-electron chi connectivity index (χ0n) is 17.2. The highest BCUT2D eigenvalue weighted by Gasteiger charge is 2.29. The van der Waals surface area contributed by atoms with Crippen molar-refractivity contribution in [1.29, 1.82) is 0 Å². The number of piperazine rings is 1. The Morgan fingerprint density at radius 1 is 1.00 bits per heavy atom. The number of aromatic nitrogens is 2. The molecule has 166 valence electrons. The molecular formula is C21H20Cl2N6O3. The summed E-state index contributed by atoms with van der Waals surface area (Å²) in [6.45, 7) is 2.54. The molecular weight excluding hydrogens is 455 g/mol. The van der Waals surface area contributed by atoms with E-state index >= 15 is 0 Å². The van der Waals surface area contributed by atoms with Crippen molar-refractivity contribution < 1.29 is 9.66 Å². The van der Waals surface area contributed by atoms with E-state index in [0.717, 1.165) is 11.4 Å². The van der Waals surface area contributed by atoms with Crippen molar-refractivity contribution in [3.63, 3.8) is 0 Å². The molecule has 32 heavy (non-hydrogen) atoms. The van der Waals surface area contributed by atoms with Crippen molar-refractivity contribution in [1.82, 2.24) is 9.97 Å². The standard InChI is InChI=1S/C21H20Cl2N6O3/c1-32-18-4-2-17(3-5-18)27-6-8-28(9-7-27)21-19(29(30)31)20(24-13-25-21)26-16-11-14(22)10-15(23)12-16/h2-5,10-13H,6-9H2,1H3,(H,24,25,26). The molecule has 1 fully saturated rings. The van der Waals surface area contributed by atoms with Gasteiger partial charge in [0.15, 0.2) is 0 Å². The van der Waals surface area contributed by atoms with E-state index in [0.29, 0.717) is 41.9 Å². The molecule has 9 nitrogen and oxygen atoms in total. The van der Waals surface area contributed by atoms with Gasteiger partial charge in [-0.3, -0.25) is 10.1 Å². The van der Waals surface area contributed by atoms with Crippen molar-refractivity contribution in [2.45, 2.75) is 0 Å². The minimum atomic E-state index is -0.473. The number of methoxy groups -OCH3 is 1. The predicted octanol–water partition coefficient (Wildman–Crippen LogP) is 4.77. The molecule has 2 aromatic carbocycles. The topological polar surface area (TPSA) is 96.7 Å². The van der Waals surface area contributed by atoms with Gasteiger partial charge in [0.25, 0.3) is 0 Å². The lowest BCUT2D eigenvalue weighted by molar-refractivity contribution is -0.383. The Labute approximate surface area is 194 Å². The molecule has 1 aromatic heterocycles. The molecule has 1 N–H and O–H groups in total. The van der Waals surface area contributed by atoms with Gasteiger partial charge in [-0.15, -0.1) is 0 Å². The average Bonchev–Trinajstić information content (AvgIpc) is 2.78. The molecule has 0 amide bonds. The van der Waals surface area contributed by atoms with Gasteiger partial charge < -0.3 is 19.9 Å². The Balaban J connectivity index is 1.54. The van der Waals surface area contributed by atoms with E-state index < -0.39 is 4.92 Å². The first-order valence-electron chi connectivity index (χ1n) is 9.81. The van der Waals surface area contributed by atoms with Gasteiger partial charge in [0.1, 0.15) is 12.1 Å². The van der Waals surface area contributed by atoms with Gasteiger partial charge in [0.2, 0.25) is 11.6 Å². The zero-order valence-corrected chi connectivity index (χ0v) is 18.7. The van der Waals surface area contributed by atoms with E-state index in [9.17, 15) is 10.1 Å². The molecule has 0 unspecified atom stereocenters. The molecule has 4 rings (SSSR count). The van der Waals surface area contributed by atoms with E-state index in [2.05, 4.69) is 20.2 Å². The molecule has 3 aromatic rings. The molecule has 0 bridgehead atoms. The number of rotatable bonds is 6. The molecule has 1 saturated heterocycles. The Kier molecular flexibility index (Phi) is 6.48. The number of nitrogens with zero attached hydrogens (tertiary/aromatic N) is 5. The summed E-state index contributed by atoms with van der Waals surface area (Å²) in [6.07, 6.45) is 1.31. The second-order valence-electron chi connectivity index (χ2n) is 7.11. The summed E-state index contributed by atoms with van der Waals surface area (Å²) in [4.78, 5) is 23.9. The monoisotopic (exact) mass is 474 g/mol. The zero-order chi connectivity index (χ0) is 22.7. The number of nitro groups is 1. The van der Waals surface area contributed by atoms with Crippen LogP contribution in [0, 0.1) is 10.1 Å². The third-order valence-electron chi connectivity index (χ3n) is 5.13. The van der Waals surface area contributed by atoms with Crippen LogP contribution < -0.4 is 19.9 Å². The van der Waals surface area contributed by atoms with E-state index in [4.69, 9.17) is 27.9 Å². The number of hydrogen-bond acceptors (Lipinski definition) is 8. The lowest BCUT2D eigenvalue weighted by atomic mass is 10.2. The van der Waals surface area contributed by atoms with Crippen molar-refractivity contribution >= 4 is 51.9 Å². The van der Waals surface area contributed by atoms with E-state index in [-0.39, 0.29) is 17.3 Å². The van der Waals surface area contributed by atoms with E-state index in [1.165, 1.54) is 6.33 Å². The number of anilines is 4. The Hall–Kier alpha value is -3.30. The maximum Gasteiger partial charge on any atom is 0.353 e. The normalized spacial score (nSPS) is 13.7. The van der Waals surface area contributed by atoms with E-state index in [1.54, 1.807) is 25.3 Å². The molecule has 1 aliphatic heterocycles. The van der Waals surface area contributed by atoms with Crippen LogP contribution in [0.1, 0.15) is 0 Å². The first-order chi connectivity index (χ1) is 15.4. The van der Waals surface area contributed by atoms with Gasteiger partial charge in [-0.25, -0.2) is 9.97 Å². The third kappa shape index (κ3) is 4.79. The Morgan fingerprint density at radius 3 is 2.22 bits per heavy atom. The summed E-state index contributed by atoms with van der Waals surface area (Å²) in [5, 5.41) is 15.7. The van der Waals surface area contributed by atoms with Gasteiger partial charge in [-0.1, -0.05) is 23.2 Å². The predicted molar refractivity (Wildman–Crippen MR) is 126 cm³/mol. The fourth-order valence-electron chi connectivity index (χ4n) is 3.59. The minimum Gasteiger partial charge on any atom is -0.497 e. The molecule has 0 radical (unpaired) electrons. The smallest absolute Gasteiger partial charge is 0.353 e. The lowest BCUT2D eigenvalue weighted by Gasteiger charge is -2.36. The highest BCUT2D eigenvalue weighted by molar-refractivity contribution is 6.35. The minimum absolute atomic E-state index is 0.0796. The second-order valence-corrected chi connectivity index (χ2v) is 7.98. The summed E-state index contributed by atoms with van der Waals surface area (Å²) in [6, 6.07) is 12.6.